The van der Waals surface area contributed by atoms with Gasteiger partial charge in [0.2, 0.25) is 15.9 Å². The summed E-state index contributed by atoms with van der Waals surface area (Å²) in [5.41, 5.74) is 1.43. The standard InChI is InChI=1S/C24H34N4O5S/c1-5-27-20-11-10-17(34(31,32)26(2)3)15-18(20)25-22(27)12-13-23(29)28-19-9-7-6-8-16(19)14-21(28)24(30)33-4/h10-11,15-16,19,21H,5-9,12-14H2,1-4H3. The van der Waals surface area contributed by atoms with Crippen LogP contribution in [0.15, 0.2) is 23.1 Å². The van der Waals surface area contributed by atoms with E-state index in [0.717, 1.165) is 37.0 Å². The van der Waals surface area contributed by atoms with Crippen molar-refractivity contribution < 1.29 is 22.7 Å². The number of likely N-dealkylation sites (tertiary alicyclic amines) is 1. The summed E-state index contributed by atoms with van der Waals surface area (Å²) in [6.07, 6.45) is 5.53. The van der Waals surface area contributed by atoms with Crippen LogP contribution in [0.2, 0.25) is 0 Å². The zero-order valence-electron chi connectivity index (χ0n) is 20.4. The van der Waals surface area contributed by atoms with Gasteiger partial charge in [-0.3, -0.25) is 4.79 Å². The number of nitrogens with zero attached hydrogens (tertiary/aromatic N) is 4. The summed E-state index contributed by atoms with van der Waals surface area (Å²) >= 11 is 0. The summed E-state index contributed by atoms with van der Waals surface area (Å²) in [6.45, 7) is 2.65. The number of esters is 1. The van der Waals surface area contributed by atoms with Crippen molar-refractivity contribution in [1.82, 2.24) is 18.8 Å². The molecule has 10 heteroatoms. The van der Waals surface area contributed by atoms with E-state index >= 15 is 0 Å². The molecule has 2 aliphatic rings. The van der Waals surface area contributed by atoms with Crippen molar-refractivity contribution in [2.24, 2.45) is 5.92 Å². The summed E-state index contributed by atoms with van der Waals surface area (Å²) in [5.74, 6) is 0.715. The Balaban J connectivity index is 1.57. The number of carbonyl (C=O) groups is 2. The molecule has 4 rings (SSSR count). The van der Waals surface area contributed by atoms with Crippen molar-refractivity contribution in [2.75, 3.05) is 21.2 Å². The topological polar surface area (TPSA) is 102 Å². The Kier molecular flexibility index (Phi) is 7.00. The van der Waals surface area contributed by atoms with Gasteiger partial charge in [-0.2, -0.15) is 0 Å². The van der Waals surface area contributed by atoms with E-state index in [9.17, 15) is 18.0 Å². The Morgan fingerprint density at radius 3 is 2.62 bits per heavy atom. The number of fused-ring (bicyclic) bond motifs is 2. The predicted octanol–water partition coefficient (Wildman–Crippen LogP) is 2.57. The fraction of sp³-hybridized carbons (Fsp3) is 0.625. The van der Waals surface area contributed by atoms with Crippen LogP contribution in [-0.2, 0) is 37.3 Å². The van der Waals surface area contributed by atoms with Crippen molar-refractivity contribution >= 4 is 32.9 Å². The van der Waals surface area contributed by atoms with Gasteiger partial charge in [-0.15, -0.1) is 0 Å². The highest BCUT2D eigenvalue weighted by Gasteiger charge is 2.47. The molecule has 2 fully saturated rings. The molecule has 1 aliphatic heterocycles. The minimum atomic E-state index is -3.56. The van der Waals surface area contributed by atoms with Crippen LogP contribution in [0.3, 0.4) is 0 Å². The number of hydrogen-bond donors (Lipinski definition) is 0. The average Bonchev–Trinajstić information content (AvgIpc) is 3.39. The number of imidazole rings is 1. The first kappa shape index (κ1) is 24.7. The largest absolute Gasteiger partial charge is 0.467 e. The van der Waals surface area contributed by atoms with Crippen LogP contribution in [0.25, 0.3) is 11.0 Å². The number of hydrogen-bond acceptors (Lipinski definition) is 6. The van der Waals surface area contributed by atoms with E-state index in [4.69, 9.17) is 4.74 Å². The van der Waals surface area contributed by atoms with Gasteiger partial charge in [0.25, 0.3) is 0 Å². The van der Waals surface area contributed by atoms with E-state index in [1.807, 2.05) is 11.5 Å². The van der Waals surface area contributed by atoms with E-state index in [0.29, 0.717) is 30.8 Å². The van der Waals surface area contributed by atoms with Crippen molar-refractivity contribution in [2.45, 2.75) is 75.4 Å². The van der Waals surface area contributed by atoms with Crippen molar-refractivity contribution in [1.29, 1.82) is 0 Å². The number of amides is 1. The molecule has 1 saturated heterocycles. The molecule has 1 saturated carbocycles. The highest BCUT2D eigenvalue weighted by molar-refractivity contribution is 7.89. The molecular weight excluding hydrogens is 456 g/mol. The molecular formula is C24H34N4O5S. The Labute approximate surface area is 201 Å². The monoisotopic (exact) mass is 490 g/mol. The highest BCUT2D eigenvalue weighted by Crippen LogP contribution is 2.40. The number of ether oxygens (including phenoxy) is 1. The maximum Gasteiger partial charge on any atom is 0.328 e. The van der Waals surface area contributed by atoms with Crippen LogP contribution in [0, 0.1) is 5.92 Å². The molecule has 1 amide bonds. The van der Waals surface area contributed by atoms with Crippen molar-refractivity contribution in [3.8, 4) is 0 Å². The second kappa shape index (κ2) is 9.65. The lowest BCUT2D eigenvalue weighted by Crippen LogP contribution is -2.46. The third-order valence-corrected chi connectivity index (χ3v) is 9.12. The first-order valence-electron chi connectivity index (χ1n) is 12.0. The van der Waals surface area contributed by atoms with Gasteiger partial charge in [0.05, 0.1) is 23.0 Å². The molecule has 3 unspecified atom stereocenters. The van der Waals surface area contributed by atoms with Gasteiger partial charge >= 0.3 is 5.97 Å². The predicted molar refractivity (Wildman–Crippen MR) is 128 cm³/mol. The second-order valence-electron chi connectivity index (χ2n) is 9.40. The van der Waals surface area contributed by atoms with E-state index in [2.05, 4.69) is 4.98 Å². The van der Waals surface area contributed by atoms with Crippen LogP contribution >= 0.6 is 0 Å². The fourth-order valence-electron chi connectivity index (χ4n) is 5.59. The van der Waals surface area contributed by atoms with Crippen LogP contribution in [0.1, 0.15) is 51.3 Å². The number of sulfonamides is 1. The van der Waals surface area contributed by atoms with Gasteiger partial charge in [0.15, 0.2) is 0 Å². The van der Waals surface area contributed by atoms with Gasteiger partial charge < -0.3 is 14.2 Å². The number of aryl methyl sites for hydroxylation is 2. The molecule has 186 valence electrons. The molecule has 0 bridgehead atoms. The Bertz CT molecular complexity index is 1190. The molecule has 1 aliphatic carbocycles. The zero-order chi connectivity index (χ0) is 24.6. The quantitative estimate of drug-likeness (QED) is 0.553. The molecule has 34 heavy (non-hydrogen) atoms. The summed E-state index contributed by atoms with van der Waals surface area (Å²) < 4.78 is 33.3. The lowest BCUT2D eigenvalue weighted by Gasteiger charge is -2.33. The molecule has 1 aromatic carbocycles. The van der Waals surface area contributed by atoms with E-state index in [1.165, 1.54) is 25.5 Å². The third-order valence-electron chi connectivity index (χ3n) is 7.31. The normalized spacial score (nSPS) is 22.9. The highest BCUT2D eigenvalue weighted by atomic mass is 32.2. The molecule has 9 nitrogen and oxygen atoms in total. The molecule has 3 atom stereocenters. The SMILES string of the molecule is CCn1c(CCC(=O)N2C(C(=O)OC)CC3CCCCC32)nc2cc(S(=O)(=O)N(C)C)ccc21. The van der Waals surface area contributed by atoms with E-state index in [1.54, 1.807) is 23.1 Å². The smallest absolute Gasteiger partial charge is 0.328 e. The molecule has 2 heterocycles. The summed E-state index contributed by atoms with van der Waals surface area (Å²) in [5, 5.41) is 0. The Morgan fingerprint density at radius 1 is 1.21 bits per heavy atom. The third kappa shape index (κ3) is 4.33. The fourth-order valence-corrected chi connectivity index (χ4v) is 6.51. The minimum Gasteiger partial charge on any atom is -0.467 e. The maximum atomic E-state index is 13.4. The lowest BCUT2D eigenvalue weighted by molar-refractivity contribution is -0.152. The van der Waals surface area contributed by atoms with Gasteiger partial charge in [-0.25, -0.2) is 22.5 Å². The van der Waals surface area contributed by atoms with Gasteiger partial charge in [0.1, 0.15) is 11.9 Å². The van der Waals surface area contributed by atoms with Gasteiger partial charge in [0, 0.05) is 39.5 Å². The molecule has 0 N–H and O–H groups in total. The van der Waals surface area contributed by atoms with Crippen LogP contribution < -0.4 is 0 Å². The first-order chi connectivity index (χ1) is 16.2. The maximum absolute atomic E-state index is 13.4. The van der Waals surface area contributed by atoms with Crippen LogP contribution in [-0.4, -0.2) is 72.3 Å². The molecule has 0 spiro atoms. The van der Waals surface area contributed by atoms with Crippen LogP contribution in [0.5, 0.6) is 0 Å². The summed E-state index contributed by atoms with van der Waals surface area (Å²) in [7, 11) is 0.808. The van der Waals surface area contributed by atoms with E-state index < -0.39 is 16.1 Å². The van der Waals surface area contributed by atoms with Crippen LogP contribution in [0.4, 0.5) is 0 Å². The number of benzene rings is 1. The molecule has 2 aromatic rings. The van der Waals surface area contributed by atoms with Crippen molar-refractivity contribution in [3.63, 3.8) is 0 Å². The minimum absolute atomic E-state index is 0.0459. The number of rotatable bonds is 7. The number of aromatic nitrogens is 2. The van der Waals surface area contributed by atoms with Crippen molar-refractivity contribution in [3.05, 3.63) is 24.0 Å². The number of carbonyl (C=O) groups excluding carboxylic acids is 2. The number of methoxy groups -OCH3 is 1. The van der Waals surface area contributed by atoms with E-state index in [-0.39, 0.29) is 29.2 Å². The van der Waals surface area contributed by atoms with Gasteiger partial charge in [-0.05, 0) is 50.3 Å². The zero-order valence-corrected chi connectivity index (χ0v) is 21.2. The van der Waals surface area contributed by atoms with Gasteiger partial charge in [-0.1, -0.05) is 12.8 Å². The first-order valence-corrected chi connectivity index (χ1v) is 13.4. The second-order valence-corrected chi connectivity index (χ2v) is 11.5. The lowest BCUT2D eigenvalue weighted by atomic mass is 9.84. The Hall–Kier alpha value is -2.46. The molecule has 1 aromatic heterocycles. The average molecular weight is 491 g/mol. The summed E-state index contributed by atoms with van der Waals surface area (Å²) in [6, 6.07) is 4.55. The summed E-state index contributed by atoms with van der Waals surface area (Å²) in [4.78, 5) is 32.5. The molecule has 0 radical (unpaired) electrons. The Morgan fingerprint density at radius 2 is 1.94 bits per heavy atom.